The van der Waals surface area contributed by atoms with Crippen molar-refractivity contribution in [1.29, 1.82) is 0 Å². The van der Waals surface area contributed by atoms with Crippen molar-refractivity contribution in [2.75, 3.05) is 7.11 Å². The van der Waals surface area contributed by atoms with Crippen molar-refractivity contribution in [2.24, 2.45) is 5.73 Å². The summed E-state index contributed by atoms with van der Waals surface area (Å²) in [4.78, 5) is 4.18. The van der Waals surface area contributed by atoms with E-state index in [-0.39, 0.29) is 0 Å². The molecule has 102 valence electrons. The fourth-order valence-electron chi connectivity index (χ4n) is 1.75. The monoisotopic (exact) mass is 279 g/mol. The average molecular weight is 279 g/mol. The number of methoxy groups -OCH3 is 1. The molecule has 2 heterocycles. The van der Waals surface area contributed by atoms with E-state index in [1.54, 1.807) is 25.1 Å². The van der Waals surface area contributed by atoms with E-state index < -0.39 is 0 Å². The lowest BCUT2D eigenvalue weighted by molar-refractivity contribution is 0.394. The molecule has 0 unspecified atom stereocenters. The van der Waals surface area contributed by atoms with Gasteiger partial charge in [0.15, 0.2) is 5.16 Å². The van der Waals surface area contributed by atoms with Gasteiger partial charge in [0, 0.05) is 24.1 Å². The molecule has 0 aliphatic heterocycles. The van der Waals surface area contributed by atoms with Gasteiger partial charge in [-0.25, -0.2) is 4.98 Å². The maximum absolute atomic E-state index is 5.63. The van der Waals surface area contributed by atoms with Gasteiger partial charge in [-0.3, -0.25) is 0 Å². The zero-order valence-corrected chi connectivity index (χ0v) is 11.9. The molecule has 2 aromatic rings. The highest BCUT2D eigenvalue weighted by atomic mass is 32.2. The Morgan fingerprint density at radius 2 is 2.26 bits per heavy atom. The first-order valence-electron chi connectivity index (χ1n) is 6.03. The number of ether oxygens (including phenoxy) is 1. The van der Waals surface area contributed by atoms with Crippen LogP contribution in [0.2, 0.25) is 0 Å². The van der Waals surface area contributed by atoms with Crippen LogP contribution in [-0.4, -0.2) is 26.9 Å². The number of hydrogen-bond donors (Lipinski definition) is 1. The number of hydrogen-bond acceptors (Lipinski definition) is 6. The van der Waals surface area contributed by atoms with Gasteiger partial charge in [-0.1, -0.05) is 17.8 Å². The molecule has 0 atom stereocenters. The van der Waals surface area contributed by atoms with Gasteiger partial charge in [0.1, 0.15) is 5.82 Å². The fraction of sp³-hybridized carbons (Fsp3) is 0.417. The van der Waals surface area contributed by atoms with E-state index >= 15 is 0 Å². The van der Waals surface area contributed by atoms with Crippen LogP contribution in [0.3, 0.4) is 0 Å². The molecule has 19 heavy (non-hydrogen) atoms. The fourth-order valence-corrected chi connectivity index (χ4v) is 2.75. The third-order valence-corrected chi connectivity index (χ3v) is 3.71. The second-order valence-electron chi connectivity index (χ2n) is 3.81. The van der Waals surface area contributed by atoms with Crippen LogP contribution in [0.1, 0.15) is 18.3 Å². The maximum atomic E-state index is 5.63. The summed E-state index contributed by atoms with van der Waals surface area (Å²) >= 11 is 1.60. The lowest BCUT2D eigenvalue weighted by Crippen LogP contribution is -2.08. The van der Waals surface area contributed by atoms with Crippen molar-refractivity contribution >= 4 is 11.8 Å². The van der Waals surface area contributed by atoms with E-state index in [9.17, 15) is 0 Å². The van der Waals surface area contributed by atoms with E-state index in [0.29, 0.717) is 12.4 Å². The van der Waals surface area contributed by atoms with Gasteiger partial charge in [-0.05, 0) is 13.0 Å². The summed E-state index contributed by atoms with van der Waals surface area (Å²) in [5.41, 5.74) is 6.67. The molecule has 0 saturated heterocycles. The number of nitrogens with two attached hydrogens (primary N) is 1. The molecule has 6 nitrogen and oxygen atoms in total. The molecule has 2 aromatic heterocycles. The highest BCUT2D eigenvalue weighted by molar-refractivity contribution is 7.98. The van der Waals surface area contributed by atoms with Crippen molar-refractivity contribution in [3.8, 4) is 5.88 Å². The highest BCUT2D eigenvalue weighted by Gasteiger charge is 2.11. The molecule has 2 rings (SSSR count). The normalized spacial score (nSPS) is 10.7. The first-order valence-corrected chi connectivity index (χ1v) is 7.01. The molecule has 0 aliphatic carbocycles. The van der Waals surface area contributed by atoms with Crippen molar-refractivity contribution in [3.05, 3.63) is 29.7 Å². The largest absolute Gasteiger partial charge is 0.481 e. The van der Waals surface area contributed by atoms with Crippen molar-refractivity contribution < 1.29 is 4.74 Å². The van der Waals surface area contributed by atoms with Crippen molar-refractivity contribution in [3.63, 3.8) is 0 Å². The summed E-state index contributed by atoms with van der Waals surface area (Å²) in [5, 5.41) is 9.11. The lowest BCUT2D eigenvalue weighted by atomic mass is 10.3. The summed E-state index contributed by atoms with van der Waals surface area (Å²) in [5.74, 6) is 2.19. The average Bonchev–Trinajstić information content (AvgIpc) is 2.87. The van der Waals surface area contributed by atoms with E-state index in [1.165, 1.54) is 0 Å². The number of pyridine rings is 1. The summed E-state index contributed by atoms with van der Waals surface area (Å²) in [6.07, 6.45) is 1.72. The minimum absolute atomic E-state index is 0.400. The van der Waals surface area contributed by atoms with Crippen molar-refractivity contribution in [2.45, 2.75) is 30.9 Å². The molecular formula is C12H17N5OS. The molecule has 0 spiro atoms. The number of thioether (sulfide) groups is 1. The Bertz CT molecular complexity index is 543. The summed E-state index contributed by atoms with van der Waals surface area (Å²) in [7, 11) is 1.62. The smallest absolute Gasteiger partial charge is 0.217 e. The van der Waals surface area contributed by atoms with E-state index in [4.69, 9.17) is 10.5 Å². The molecule has 0 fully saturated rings. The summed E-state index contributed by atoms with van der Waals surface area (Å²) in [6.45, 7) is 3.26. The van der Waals surface area contributed by atoms with E-state index in [1.807, 2.05) is 16.7 Å². The minimum atomic E-state index is 0.400. The quantitative estimate of drug-likeness (QED) is 0.806. The zero-order valence-electron chi connectivity index (χ0n) is 11.0. The number of aromatic nitrogens is 4. The Morgan fingerprint density at radius 1 is 1.42 bits per heavy atom. The van der Waals surface area contributed by atoms with Gasteiger partial charge >= 0.3 is 0 Å². The molecule has 0 aromatic carbocycles. The van der Waals surface area contributed by atoms with Gasteiger partial charge in [0.25, 0.3) is 0 Å². The zero-order chi connectivity index (χ0) is 13.7. The Balaban J connectivity index is 2.12. The molecule has 2 N–H and O–H groups in total. The predicted octanol–water partition coefficient (Wildman–Crippen LogP) is 1.45. The van der Waals surface area contributed by atoms with Gasteiger partial charge < -0.3 is 15.0 Å². The third kappa shape index (κ3) is 3.05. The lowest BCUT2D eigenvalue weighted by Gasteiger charge is -2.07. The molecule has 0 bridgehead atoms. The summed E-state index contributed by atoms with van der Waals surface area (Å²) in [6, 6.07) is 3.89. The Labute approximate surface area is 116 Å². The number of rotatable bonds is 6. The van der Waals surface area contributed by atoms with Gasteiger partial charge in [-0.15, -0.1) is 10.2 Å². The summed E-state index contributed by atoms with van der Waals surface area (Å²) < 4.78 is 7.25. The van der Waals surface area contributed by atoms with Crippen LogP contribution in [0, 0.1) is 0 Å². The maximum Gasteiger partial charge on any atom is 0.217 e. The van der Waals surface area contributed by atoms with Crippen LogP contribution in [-0.2, 0) is 18.8 Å². The second-order valence-corrected chi connectivity index (χ2v) is 4.75. The molecule has 0 radical (unpaired) electrons. The van der Waals surface area contributed by atoms with Crippen LogP contribution in [0.5, 0.6) is 5.88 Å². The van der Waals surface area contributed by atoms with Crippen LogP contribution < -0.4 is 10.5 Å². The van der Waals surface area contributed by atoms with Crippen LogP contribution in [0.4, 0.5) is 0 Å². The standard InChI is InChI=1S/C12H17N5OS/c1-3-17-10(7-13)15-16-12(17)19-8-9-5-4-6-14-11(9)18-2/h4-6H,3,7-8,13H2,1-2H3. The predicted molar refractivity (Wildman–Crippen MR) is 73.9 cm³/mol. The SMILES string of the molecule is CCn1c(CN)nnc1SCc1cccnc1OC. The van der Waals surface area contributed by atoms with E-state index in [2.05, 4.69) is 22.1 Å². The second kappa shape index (κ2) is 6.53. The molecule has 0 saturated carbocycles. The van der Waals surface area contributed by atoms with Crippen LogP contribution in [0.25, 0.3) is 0 Å². The van der Waals surface area contributed by atoms with Gasteiger partial charge in [-0.2, -0.15) is 0 Å². The van der Waals surface area contributed by atoms with E-state index in [0.717, 1.165) is 28.8 Å². The van der Waals surface area contributed by atoms with Crippen LogP contribution >= 0.6 is 11.8 Å². The highest BCUT2D eigenvalue weighted by Crippen LogP contribution is 2.25. The Hall–Kier alpha value is -1.60. The van der Waals surface area contributed by atoms with Gasteiger partial charge in [0.2, 0.25) is 5.88 Å². The third-order valence-electron chi connectivity index (χ3n) is 2.69. The molecule has 0 aliphatic rings. The topological polar surface area (TPSA) is 78.9 Å². The molecule has 0 amide bonds. The van der Waals surface area contributed by atoms with Gasteiger partial charge in [0.05, 0.1) is 13.7 Å². The number of nitrogens with zero attached hydrogens (tertiary/aromatic N) is 4. The van der Waals surface area contributed by atoms with Crippen molar-refractivity contribution in [1.82, 2.24) is 19.7 Å². The molecule has 7 heteroatoms. The first-order chi connectivity index (χ1) is 9.30. The molecular weight excluding hydrogens is 262 g/mol. The minimum Gasteiger partial charge on any atom is -0.481 e. The Morgan fingerprint density at radius 3 is 2.95 bits per heavy atom. The first kappa shape index (κ1) is 13.8. The Kier molecular flexibility index (Phi) is 4.75. The van der Waals surface area contributed by atoms with Crippen LogP contribution in [0.15, 0.2) is 23.5 Å².